The predicted molar refractivity (Wildman–Crippen MR) is 75.7 cm³/mol. The van der Waals surface area contributed by atoms with Gasteiger partial charge in [0, 0.05) is 29.3 Å². The second-order valence-electron chi connectivity index (χ2n) is 3.84. The van der Waals surface area contributed by atoms with E-state index in [0.29, 0.717) is 11.8 Å². The zero-order valence-electron chi connectivity index (χ0n) is 16.9. The molecule has 0 unspecified atom stereocenters. The van der Waals surface area contributed by atoms with E-state index in [1.807, 2.05) is 5.32 Å². The quantitative estimate of drug-likeness (QED) is 0.284. The standard InChI is InChI=1S/C13H16N2O5S.Na/c1-7(16)14-9-3-4-11(18)12(5-9)21-6-10(13(19)20)15-8(2)17;/h3-5,10,18H,6H2,1-2H3,(H,14,16)(H,15,17)(H,19,20);/q;+1/p-1/t10-;/m1./s1/i1D3,3D,5D;. The van der Waals surface area contributed by atoms with Crippen molar-refractivity contribution in [2.75, 3.05) is 11.1 Å². The summed E-state index contributed by atoms with van der Waals surface area (Å²) in [7, 11) is 0. The molecule has 7 nitrogen and oxygen atoms in total. The van der Waals surface area contributed by atoms with Gasteiger partial charge in [0.15, 0.2) is 0 Å². The Labute approximate surface area is 161 Å². The Morgan fingerprint density at radius 3 is 2.73 bits per heavy atom. The molecule has 0 aromatic heterocycles. The first kappa shape index (κ1) is 13.2. The molecule has 0 spiro atoms. The third-order valence-corrected chi connectivity index (χ3v) is 3.22. The molecule has 0 bridgehead atoms. The number of thioether (sulfide) groups is 1. The van der Waals surface area contributed by atoms with Gasteiger partial charge in [-0.05, 0) is 18.2 Å². The first-order valence-electron chi connectivity index (χ1n) is 8.10. The number of hydrogen-bond donors (Lipinski definition) is 3. The van der Waals surface area contributed by atoms with E-state index >= 15 is 0 Å². The van der Waals surface area contributed by atoms with Crippen molar-refractivity contribution in [2.24, 2.45) is 0 Å². The number of aromatic hydroxyl groups is 1. The maximum atomic E-state index is 11.6. The molecule has 0 aliphatic carbocycles. The van der Waals surface area contributed by atoms with E-state index in [4.69, 9.17) is 6.85 Å². The van der Waals surface area contributed by atoms with E-state index in [9.17, 15) is 24.6 Å². The van der Waals surface area contributed by atoms with Crippen LogP contribution in [-0.4, -0.2) is 34.7 Å². The number of phenolic OH excluding ortho intramolecular Hbond substituents is 1. The smallest absolute Gasteiger partial charge is 0.548 e. The van der Waals surface area contributed by atoms with Crippen LogP contribution in [-0.2, 0) is 14.4 Å². The monoisotopic (exact) mass is 339 g/mol. The third kappa shape index (κ3) is 7.17. The normalized spacial score (nSPS) is 14.9. The van der Waals surface area contributed by atoms with Gasteiger partial charge < -0.3 is 25.6 Å². The van der Waals surface area contributed by atoms with Crippen LogP contribution in [0.3, 0.4) is 0 Å². The summed E-state index contributed by atoms with van der Waals surface area (Å²) in [5.74, 6) is -4.46. The SMILES string of the molecule is [2H]c1cc(O)c(SC[C@@H](NC(C)=O)C(=O)[O-])c([2H])c1NC(=O)C([2H])([2H])[2H].[Na+]. The molecule has 22 heavy (non-hydrogen) atoms. The van der Waals surface area contributed by atoms with Gasteiger partial charge in [-0.25, -0.2) is 0 Å². The number of benzene rings is 1. The molecular formula is C13H15N2NaO5S. The van der Waals surface area contributed by atoms with Crippen molar-refractivity contribution in [1.29, 1.82) is 0 Å². The summed E-state index contributed by atoms with van der Waals surface area (Å²) in [5, 5.41) is 24.9. The molecule has 1 aromatic rings. The number of carboxylic acids is 1. The molecule has 3 N–H and O–H groups in total. The first-order valence-corrected chi connectivity index (χ1v) is 6.58. The number of carbonyl (C=O) groups excluding carboxylic acids is 3. The fourth-order valence-electron chi connectivity index (χ4n) is 1.29. The van der Waals surface area contributed by atoms with Gasteiger partial charge in [0.25, 0.3) is 0 Å². The second kappa shape index (κ2) is 9.73. The number of aliphatic carboxylic acids is 1. The van der Waals surface area contributed by atoms with Gasteiger partial charge in [0.05, 0.1) is 19.6 Å². The minimum absolute atomic E-state index is 0. The minimum atomic E-state index is -3.00. The average molecular weight is 339 g/mol. The molecule has 114 valence electrons. The predicted octanol–water partition coefficient (Wildman–Crippen LogP) is -3.30. The number of phenols is 1. The van der Waals surface area contributed by atoms with Crippen molar-refractivity contribution in [1.82, 2.24) is 5.32 Å². The number of carbonyl (C=O) groups is 3. The van der Waals surface area contributed by atoms with Gasteiger partial charge in [-0.2, -0.15) is 0 Å². The Bertz CT molecular complexity index is 747. The summed E-state index contributed by atoms with van der Waals surface area (Å²) in [5.41, 5.74) is -0.448. The van der Waals surface area contributed by atoms with Crippen LogP contribution in [0.1, 0.15) is 20.6 Å². The zero-order chi connectivity index (χ0) is 20.2. The van der Waals surface area contributed by atoms with E-state index in [1.54, 1.807) is 0 Å². The third-order valence-electron chi connectivity index (χ3n) is 2.12. The van der Waals surface area contributed by atoms with Gasteiger partial charge in [-0.3, -0.25) is 9.59 Å². The topological polar surface area (TPSA) is 119 Å². The van der Waals surface area contributed by atoms with Crippen LogP contribution >= 0.6 is 11.8 Å². The van der Waals surface area contributed by atoms with Gasteiger partial charge in [-0.15, -0.1) is 11.8 Å². The molecule has 9 heteroatoms. The molecule has 0 heterocycles. The number of nitrogens with one attached hydrogen (secondary N) is 2. The van der Waals surface area contributed by atoms with Crippen molar-refractivity contribution in [3.05, 3.63) is 18.2 Å². The van der Waals surface area contributed by atoms with E-state index in [2.05, 4.69) is 5.32 Å². The minimum Gasteiger partial charge on any atom is -0.548 e. The Morgan fingerprint density at radius 2 is 2.18 bits per heavy atom. The molecule has 0 fully saturated rings. The number of hydrogen-bond acceptors (Lipinski definition) is 6. The van der Waals surface area contributed by atoms with Crippen LogP contribution < -0.4 is 45.3 Å². The Hall–Kier alpha value is -1.22. The summed E-state index contributed by atoms with van der Waals surface area (Å²) < 4.78 is 36.7. The molecule has 2 amide bonds. The fourth-order valence-corrected chi connectivity index (χ4v) is 2.23. The van der Waals surface area contributed by atoms with Crippen LogP contribution in [0.5, 0.6) is 5.75 Å². The van der Waals surface area contributed by atoms with Gasteiger partial charge in [0.1, 0.15) is 5.75 Å². The maximum absolute atomic E-state index is 11.6. The molecule has 0 aliphatic rings. The molecule has 1 atom stereocenters. The summed E-state index contributed by atoms with van der Waals surface area (Å²) in [6, 6.07) is -1.58. The second-order valence-corrected chi connectivity index (χ2v) is 4.87. The molecule has 0 radical (unpaired) electrons. The van der Waals surface area contributed by atoms with Crippen molar-refractivity contribution >= 4 is 35.2 Å². The summed E-state index contributed by atoms with van der Waals surface area (Å²) in [4.78, 5) is 33.4. The van der Waals surface area contributed by atoms with Crippen LogP contribution in [0.15, 0.2) is 23.0 Å². The van der Waals surface area contributed by atoms with Crippen molar-refractivity contribution in [3.8, 4) is 5.75 Å². The number of carboxylic acid groups (broad SMARTS) is 1. The van der Waals surface area contributed by atoms with Crippen LogP contribution in [0.4, 0.5) is 5.69 Å². The van der Waals surface area contributed by atoms with Gasteiger partial charge in [-0.1, -0.05) is 0 Å². The number of anilines is 1. The van der Waals surface area contributed by atoms with E-state index in [1.165, 1.54) is 0 Å². The van der Waals surface area contributed by atoms with Crippen LogP contribution in [0.25, 0.3) is 0 Å². The average Bonchev–Trinajstić information content (AvgIpc) is 2.48. The van der Waals surface area contributed by atoms with E-state index in [-0.39, 0.29) is 40.2 Å². The summed E-state index contributed by atoms with van der Waals surface area (Å²) in [6.07, 6.45) is 0. The molecule has 1 rings (SSSR count). The Balaban J connectivity index is 0.00000676. The van der Waals surface area contributed by atoms with E-state index in [0.717, 1.165) is 13.0 Å². The summed E-state index contributed by atoms with van der Waals surface area (Å²) in [6.45, 7) is -1.90. The Morgan fingerprint density at radius 1 is 1.50 bits per heavy atom. The first-order chi connectivity index (χ1) is 11.8. The number of amides is 2. The maximum Gasteiger partial charge on any atom is 1.00 e. The summed E-state index contributed by atoms with van der Waals surface area (Å²) >= 11 is 0.661. The van der Waals surface area contributed by atoms with Gasteiger partial charge >= 0.3 is 29.6 Å². The molecule has 0 aliphatic heterocycles. The fraction of sp³-hybridized carbons (Fsp3) is 0.308. The number of rotatable bonds is 6. The largest absolute Gasteiger partial charge is 1.00 e. The molecule has 0 saturated carbocycles. The molecule has 1 aromatic carbocycles. The Kier molecular flexibility index (Phi) is 5.85. The molecule has 0 saturated heterocycles. The molecular weight excluding hydrogens is 319 g/mol. The van der Waals surface area contributed by atoms with Crippen molar-refractivity contribution in [2.45, 2.75) is 24.7 Å². The van der Waals surface area contributed by atoms with Crippen LogP contribution in [0.2, 0.25) is 0 Å². The van der Waals surface area contributed by atoms with E-state index < -0.39 is 54.2 Å². The van der Waals surface area contributed by atoms with Crippen molar-refractivity contribution in [3.63, 3.8) is 0 Å². The zero-order valence-corrected chi connectivity index (χ0v) is 14.7. The van der Waals surface area contributed by atoms with Gasteiger partial charge in [0.2, 0.25) is 11.8 Å². The van der Waals surface area contributed by atoms with Crippen LogP contribution in [0, 0.1) is 0 Å². The van der Waals surface area contributed by atoms with Crippen molar-refractivity contribution < 1.29 is 61.0 Å².